The molecular weight excluding hydrogens is 320 g/mol. The van der Waals surface area contributed by atoms with Gasteiger partial charge in [0, 0.05) is 66.8 Å². The molecule has 0 spiro atoms. The van der Waals surface area contributed by atoms with E-state index in [1.54, 1.807) is 0 Å². The van der Waals surface area contributed by atoms with E-state index in [0.29, 0.717) is 0 Å². The Labute approximate surface area is 160 Å². The van der Waals surface area contributed by atoms with Crippen molar-refractivity contribution in [2.45, 2.75) is 54.4 Å². The van der Waals surface area contributed by atoms with Gasteiger partial charge in [0.2, 0.25) is 0 Å². The summed E-state index contributed by atoms with van der Waals surface area (Å²) in [7, 11) is 0. The molecule has 4 nitrogen and oxygen atoms in total. The first-order valence-corrected chi connectivity index (χ1v) is 9.81. The smallest absolute Gasteiger partial charge is 0.0476 e. The third kappa shape index (κ3) is 6.41. The van der Waals surface area contributed by atoms with Crippen LogP contribution in [0.15, 0.2) is 57.5 Å². The molecule has 0 radical (unpaired) electrons. The molecule has 1 N–H and O–H groups in total. The van der Waals surface area contributed by atoms with Crippen LogP contribution in [0.3, 0.4) is 0 Å². The van der Waals surface area contributed by atoms with E-state index >= 15 is 0 Å². The van der Waals surface area contributed by atoms with Crippen molar-refractivity contribution < 1.29 is 0 Å². The van der Waals surface area contributed by atoms with Crippen LogP contribution in [-0.2, 0) is 0 Å². The molecule has 0 atom stereocenters. The SMILES string of the molecule is C\C=C/N=C(CC)/C(=C/C)C(/C(C)=N/C=C/CC)=C(/C)N1CCNCC1. The number of piperazine rings is 1. The third-order valence-corrected chi connectivity index (χ3v) is 4.51. The minimum absolute atomic E-state index is 0.889. The van der Waals surface area contributed by atoms with Gasteiger partial charge in [0.05, 0.1) is 0 Å². The van der Waals surface area contributed by atoms with Crippen LogP contribution >= 0.6 is 0 Å². The Morgan fingerprint density at radius 2 is 1.73 bits per heavy atom. The molecule has 0 saturated carbocycles. The van der Waals surface area contributed by atoms with E-state index in [9.17, 15) is 0 Å². The fourth-order valence-electron chi connectivity index (χ4n) is 3.12. The molecule has 1 heterocycles. The van der Waals surface area contributed by atoms with Crippen molar-refractivity contribution in [2.75, 3.05) is 26.2 Å². The zero-order chi connectivity index (χ0) is 19.4. The van der Waals surface area contributed by atoms with Crippen LogP contribution in [0.5, 0.6) is 0 Å². The molecule has 1 saturated heterocycles. The Hall–Kier alpha value is -1.94. The molecule has 1 aliphatic heterocycles. The monoisotopic (exact) mass is 356 g/mol. The minimum Gasteiger partial charge on any atom is -0.372 e. The molecule has 0 bridgehead atoms. The van der Waals surface area contributed by atoms with Crippen molar-refractivity contribution in [3.05, 3.63) is 47.5 Å². The Bertz CT molecular complexity index is 612. The maximum absolute atomic E-state index is 4.72. The standard InChI is InChI=1S/C22H36N4/c1-7-11-13-24-18(5)22(19(6)26-16-14-23-15-17-26)20(9-3)21(10-4)25-12-8-2/h8-9,11-13,23H,7,10,14-17H2,1-6H3/b12-8-,13-11+,20-9-,22-19-,24-18+,25-21+. The molecule has 0 aromatic heterocycles. The van der Waals surface area contributed by atoms with Gasteiger partial charge in [-0.05, 0) is 40.5 Å². The van der Waals surface area contributed by atoms with E-state index in [0.717, 1.165) is 50.4 Å². The highest BCUT2D eigenvalue weighted by Gasteiger charge is 2.20. The van der Waals surface area contributed by atoms with Crippen molar-refractivity contribution in [1.29, 1.82) is 0 Å². The van der Waals surface area contributed by atoms with Crippen LogP contribution in [0.4, 0.5) is 0 Å². The van der Waals surface area contributed by atoms with Crippen LogP contribution < -0.4 is 5.32 Å². The van der Waals surface area contributed by atoms with Gasteiger partial charge < -0.3 is 10.2 Å². The highest BCUT2D eigenvalue weighted by Crippen LogP contribution is 2.23. The molecule has 4 heteroatoms. The van der Waals surface area contributed by atoms with Gasteiger partial charge in [-0.1, -0.05) is 32.1 Å². The highest BCUT2D eigenvalue weighted by molar-refractivity contribution is 6.16. The number of nitrogens with one attached hydrogen (secondary N) is 1. The van der Waals surface area contributed by atoms with E-state index in [-0.39, 0.29) is 0 Å². The molecule has 1 aliphatic rings. The average Bonchev–Trinajstić information content (AvgIpc) is 2.67. The summed E-state index contributed by atoms with van der Waals surface area (Å²) in [5.41, 5.74) is 5.82. The predicted octanol–water partition coefficient (Wildman–Crippen LogP) is 4.88. The van der Waals surface area contributed by atoms with Crippen molar-refractivity contribution in [2.24, 2.45) is 9.98 Å². The molecule has 1 rings (SSSR count). The molecule has 26 heavy (non-hydrogen) atoms. The first-order valence-electron chi connectivity index (χ1n) is 9.81. The lowest BCUT2D eigenvalue weighted by Gasteiger charge is -2.32. The average molecular weight is 357 g/mol. The largest absolute Gasteiger partial charge is 0.372 e. The zero-order valence-electron chi connectivity index (χ0n) is 17.5. The summed E-state index contributed by atoms with van der Waals surface area (Å²) in [4.78, 5) is 11.9. The fourth-order valence-corrected chi connectivity index (χ4v) is 3.12. The van der Waals surface area contributed by atoms with Gasteiger partial charge in [-0.15, -0.1) is 0 Å². The third-order valence-electron chi connectivity index (χ3n) is 4.51. The summed E-state index contributed by atoms with van der Waals surface area (Å²) in [6.45, 7) is 16.8. The number of nitrogens with zero attached hydrogens (tertiary/aromatic N) is 3. The van der Waals surface area contributed by atoms with Gasteiger partial charge in [0.25, 0.3) is 0 Å². The van der Waals surface area contributed by atoms with Crippen LogP contribution in [0, 0.1) is 0 Å². The maximum Gasteiger partial charge on any atom is 0.0476 e. The Balaban J connectivity index is 3.46. The van der Waals surface area contributed by atoms with Gasteiger partial charge in [-0.3, -0.25) is 9.98 Å². The number of hydrogen-bond donors (Lipinski definition) is 1. The molecule has 0 unspecified atom stereocenters. The Kier molecular flexibility index (Phi) is 10.6. The summed E-state index contributed by atoms with van der Waals surface area (Å²) in [5.74, 6) is 0. The van der Waals surface area contributed by atoms with Crippen LogP contribution in [0.2, 0.25) is 0 Å². The van der Waals surface area contributed by atoms with E-state index in [2.05, 4.69) is 62.0 Å². The van der Waals surface area contributed by atoms with Crippen molar-refractivity contribution in [3.63, 3.8) is 0 Å². The maximum atomic E-state index is 4.72. The normalized spacial score (nSPS) is 18.8. The predicted molar refractivity (Wildman–Crippen MR) is 116 cm³/mol. The van der Waals surface area contributed by atoms with Crippen molar-refractivity contribution >= 4 is 11.4 Å². The highest BCUT2D eigenvalue weighted by atomic mass is 15.2. The molecule has 144 valence electrons. The fraction of sp³-hybridized carbons (Fsp3) is 0.545. The van der Waals surface area contributed by atoms with Gasteiger partial charge in [0.15, 0.2) is 0 Å². The van der Waals surface area contributed by atoms with Gasteiger partial charge >= 0.3 is 0 Å². The van der Waals surface area contributed by atoms with Crippen LogP contribution in [0.1, 0.15) is 54.4 Å². The number of allylic oxidation sites excluding steroid dienone is 6. The lowest BCUT2D eigenvalue weighted by Crippen LogP contribution is -2.43. The second kappa shape index (κ2) is 12.4. The van der Waals surface area contributed by atoms with Gasteiger partial charge in [-0.25, -0.2) is 0 Å². The first-order chi connectivity index (χ1) is 12.6. The molecular formula is C22H36N4. The summed E-state index contributed by atoms with van der Waals surface area (Å²) in [5, 5.41) is 3.43. The minimum atomic E-state index is 0.889. The van der Waals surface area contributed by atoms with Crippen LogP contribution in [-0.4, -0.2) is 42.5 Å². The lowest BCUT2D eigenvalue weighted by molar-refractivity contribution is 0.299. The van der Waals surface area contributed by atoms with Gasteiger partial charge in [0.1, 0.15) is 0 Å². The molecule has 0 amide bonds. The summed E-state index contributed by atoms with van der Waals surface area (Å²) >= 11 is 0. The lowest BCUT2D eigenvalue weighted by atomic mass is 9.93. The van der Waals surface area contributed by atoms with Crippen molar-refractivity contribution in [1.82, 2.24) is 10.2 Å². The Morgan fingerprint density at radius 3 is 2.27 bits per heavy atom. The summed E-state index contributed by atoms with van der Waals surface area (Å²) in [6, 6.07) is 0. The van der Waals surface area contributed by atoms with E-state index in [4.69, 9.17) is 4.99 Å². The van der Waals surface area contributed by atoms with Crippen molar-refractivity contribution in [3.8, 4) is 0 Å². The topological polar surface area (TPSA) is 40.0 Å². The van der Waals surface area contributed by atoms with Gasteiger partial charge in [-0.2, -0.15) is 0 Å². The summed E-state index contributed by atoms with van der Waals surface area (Å²) in [6.07, 6.45) is 11.9. The number of rotatable bonds is 8. The molecule has 0 aromatic carbocycles. The van der Waals surface area contributed by atoms with E-state index in [1.807, 2.05) is 25.4 Å². The van der Waals surface area contributed by atoms with E-state index in [1.165, 1.54) is 16.8 Å². The quantitative estimate of drug-likeness (QED) is 0.497. The number of aliphatic imine (C=N–C) groups is 2. The second-order valence-corrected chi connectivity index (χ2v) is 6.32. The molecule has 0 aromatic rings. The molecule has 1 fully saturated rings. The zero-order valence-corrected chi connectivity index (χ0v) is 17.5. The Morgan fingerprint density at radius 1 is 1.04 bits per heavy atom. The first kappa shape index (κ1) is 22.1. The van der Waals surface area contributed by atoms with Crippen LogP contribution in [0.25, 0.3) is 0 Å². The van der Waals surface area contributed by atoms with E-state index < -0.39 is 0 Å². The number of hydrogen-bond acceptors (Lipinski definition) is 4. The molecule has 0 aliphatic carbocycles. The summed E-state index contributed by atoms with van der Waals surface area (Å²) < 4.78 is 0. The second-order valence-electron chi connectivity index (χ2n) is 6.32.